The zero-order valence-corrected chi connectivity index (χ0v) is 12.9. The first-order chi connectivity index (χ1) is 10.9. The van der Waals surface area contributed by atoms with Gasteiger partial charge in [-0.1, -0.05) is 18.2 Å². The van der Waals surface area contributed by atoms with E-state index in [4.69, 9.17) is 9.47 Å². The predicted molar refractivity (Wildman–Crippen MR) is 82.0 cm³/mol. The van der Waals surface area contributed by atoms with Crippen LogP contribution in [0.4, 0.5) is 0 Å². The van der Waals surface area contributed by atoms with Crippen LogP contribution in [-0.4, -0.2) is 27.5 Å². The molecule has 0 spiro atoms. The summed E-state index contributed by atoms with van der Waals surface area (Å²) in [5.41, 5.74) is 1.61. The number of cyclic esters (lactones) is 2. The third-order valence-electron chi connectivity index (χ3n) is 3.28. The van der Waals surface area contributed by atoms with Crippen LogP contribution in [0.3, 0.4) is 0 Å². The van der Waals surface area contributed by atoms with E-state index in [1.54, 1.807) is 16.9 Å². The van der Waals surface area contributed by atoms with E-state index < -0.39 is 17.7 Å². The second-order valence-corrected chi connectivity index (χ2v) is 5.69. The van der Waals surface area contributed by atoms with Crippen LogP contribution in [0.15, 0.2) is 48.3 Å². The van der Waals surface area contributed by atoms with Gasteiger partial charge in [0.2, 0.25) is 0 Å². The van der Waals surface area contributed by atoms with E-state index in [1.165, 1.54) is 19.9 Å². The minimum atomic E-state index is -1.23. The van der Waals surface area contributed by atoms with Crippen molar-refractivity contribution in [3.05, 3.63) is 59.4 Å². The van der Waals surface area contributed by atoms with Crippen molar-refractivity contribution in [2.24, 2.45) is 0 Å². The third-order valence-corrected chi connectivity index (χ3v) is 3.28. The van der Waals surface area contributed by atoms with Crippen molar-refractivity contribution in [3.8, 4) is 0 Å². The highest BCUT2D eigenvalue weighted by Crippen LogP contribution is 2.24. The van der Waals surface area contributed by atoms with E-state index in [0.717, 1.165) is 11.1 Å². The SMILES string of the molecule is CC1(C)OC(=O)C(=Cc2cccc(Cn3cccn3)c2)C(=O)O1. The number of carbonyl (C=O) groups is 2. The Kier molecular flexibility index (Phi) is 3.73. The Hall–Kier alpha value is -2.89. The second kappa shape index (κ2) is 5.72. The first kappa shape index (κ1) is 15.0. The quantitative estimate of drug-likeness (QED) is 0.493. The van der Waals surface area contributed by atoms with Crippen molar-refractivity contribution in [2.75, 3.05) is 0 Å². The van der Waals surface area contributed by atoms with Crippen LogP contribution >= 0.6 is 0 Å². The number of hydrogen-bond acceptors (Lipinski definition) is 5. The van der Waals surface area contributed by atoms with Gasteiger partial charge in [-0.2, -0.15) is 5.10 Å². The molecule has 3 rings (SSSR count). The van der Waals surface area contributed by atoms with Gasteiger partial charge in [0.15, 0.2) is 0 Å². The maximum Gasteiger partial charge on any atom is 0.348 e. The van der Waals surface area contributed by atoms with Gasteiger partial charge in [-0.05, 0) is 29.3 Å². The Morgan fingerprint density at radius 1 is 1.17 bits per heavy atom. The van der Waals surface area contributed by atoms with Crippen molar-refractivity contribution in [1.29, 1.82) is 0 Å². The zero-order chi connectivity index (χ0) is 16.4. The lowest BCUT2D eigenvalue weighted by Gasteiger charge is -2.29. The molecule has 0 atom stereocenters. The first-order valence-electron chi connectivity index (χ1n) is 7.18. The first-order valence-corrected chi connectivity index (χ1v) is 7.18. The van der Waals surface area contributed by atoms with Crippen molar-refractivity contribution in [3.63, 3.8) is 0 Å². The smallest absolute Gasteiger partial charge is 0.348 e. The maximum atomic E-state index is 12.0. The van der Waals surface area contributed by atoms with Crippen molar-refractivity contribution < 1.29 is 19.1 Å². The summed E-state index contributed by atoms with van der Waals surface area (Å²) in [7, 11) is 0. The van der Waals surface area contributed by atoms with Crippen LogP contribution < -0.4 is 0 Å². The second-order valence-electron chi connectivity index (χ2n) is 5.69. The lowest BCUT2D eigenvalue weighted by molar-refractivity contribution is -0.222. The number of benzene rings is 1. The molecule has 1 fully saturated rings. The van der Waals surface area contributed by atoms with Crippen LogP contribution in [0.25, 0.3) is 6.08 Å². The topological polar surface area (TPSA) is 70.4 Å². The summed E-state index contributed by atoms with van der Waals surface area (Å²) in [5, 5.41) is 4.15. The van der Waals surface area contributed by atoms with Gasteiger partial charge in [0.25, 0.3) is 5.79 Å². The molecular weight excluding hydrogens is 296 g/mol. The number of carbonyl (C=O) groups excluding carboxylic acids is 2. The number of aromatic nitrogens is 2. The maximum absolute atomic E-state index is 12.0. The summed E-state index contributed by atoms with van der Waals surface area (Å²) >= 11 is 0. The number of rotatable bonds is 3. The lowest BCUT2D eigenvalue weighted by atomic mass is 10.1. The fraction of sp³-hybridized carbons (Fsp3) is 0.235. The Morgan fingerprint density at radius 2 is 1.91 bits per heavy atom. The molecule has 1 aliphatic heterocycles. The van der Waals surface area contributed by atoms with Gasteiger partial charge in [0.05, 0.1) is 6.54 Å². The fourth-order valence-electron chi connectivity index (χ4n) is 2.31. The third kappa shape index (κ3) is 3.48. The summed E-state index contributed by atoms with van der Waals surface area (Å²) in [5.74, 6) is -2.58. The Bertz CT molecular complexity index is 754. The molecule has 1 aliphatic rings. The molecule has 0 unspecified atom stereocenters. The molecule has 0 bridgehead atoms. The van der Waals surface area contributed by atoms with Crippen molar-refractivity contribution in [1.82, 2.24) is 9.78 Å². The van der Waals surface area contributed by atoms with E-state index in [2.05, 4.69) is 5.10 Å². The van der Waals surface area contributed by atoms with Gasteiger partial charge in [-0.15, -0.1) is 0 Å². The minimum absolute atomic E-state index is 0.111. The number of esters is 2. The highest BCUT2D eigenvalue weighted by atomic mass is 16.7. The molecule has 6 heteroatoms. The monoisotopic (exact) mass is 312 g/mol. The number of nitrogens with zero attached hydrogens (tertiary/aromatic N) is 2. The van der Waals surface area contributed by atoms with Crippen LogP contribution in [0.2, 0.25) is 0 Å². The van der Waals surface area contributed by atoms with Gasteiger partial charge < -0.3 is 9.47 Å². The summed E-state index contributed by atoms with van der Waals surface area (Å²) in [6.07, 6.45) is 5.05. The molecular formula is C17H16N2O4. The van der Waals surface area contributed by atoms with E-state index >= 15 is 0 Å². The average molecular weight is 312 g/mol. The molecule has 6 nitrogen and oxygen atoms in total. The molecule has 1 saturated heterocycles. The Labute approximate surface area is 133 Å². The molecule has 2 aromatic rings. The summed E-state index contributed by atoms with van der Waals surface area (Å²) < 4.78 is 11.9. The normalized spacial score (nSPS) is 16.7. The minimum Gasteiger partial charge on any atom is -0.419 e. The highest BCUT2D eigenvalue weighted by Gasteiger charge is 2.38. The van der Waals surface area contributed by atoms with E-state index in [-0.39, 0.29) is 5.57 Å². The molecule has 1 aromatic carbocycles. The summed E-state index contributed by atoms with van der Waals surface area (Å²) in [6, 6.07) is 9.34. The lowest BCUT2D eigenvalue weighted by Crippen LogP contribution is -2.41. The van der Waals surface area contributed by atoms with Gasteiger partial charge in [-0.25, -0.2) is 9.59 Å². The summed E-state index contributed by atoms with van der Waals surface area (Å²) in [4.78, 5) is 23.9. The van der Waals surface area contributed by atoms with E-state index in [0.29, 0.717) is 6.54 Å². The standard InChI is InChI=1S/C17H16N2O4/c1-17(2)22-15(20)14(16(21)23-17)10-12-5-3-6-13(9-12)11-19-8-4-7-18-19/h3-10H,11H2,1-2H3. The fourth-order valence-corrected chi connectivity index (χ4v) is 2.31. The number of ether oxygens (including phenoxy) is 2. The molecule has 0 saturated carbocycles. The van der Waals surface area contributed by atoms with Crippen LogP contribution in [0.5, 0.6) is 0 Å². The molecule has 0 aliphatic carbocycles. The van der Waals surface area contributed by atoms with E-state index in [1.807, 2.05) is 30.5 Å². The van der Waals surface area contributed by atoms with Crippen LogP contribution in [-0.2, 0) is 25.6 Å². The van der Waals surface area contributed by atoms with E-state index in [9.17, 15) is 9.59 Å². The highest BCUT2D eigenvalue weighted by molar-refractivity contribution is 6.18. The molecule has 1 aromatic heterocycles. The Balaban J connectivity index is 1.84. The van der Waals surface area contributed by atoms with Crippen LogP contribution in [0.1, 0.15) is 25.0 Å². The van der Waals surface area contributed by atoms with Crippen LogP contribution in [0, 0.1) is 0 Å². The van der Waals surface area contributed by atoms with Crippen molar-refractivity contribution in [2.45, 2.75) is 26.2 Å². The van der Waals surface area contributed by atoms with Gasteiger partial charge >= 0.3 is 11.9 Å². The molecule has 0 amide bonds. The van der Waals surface area contributed by atoms with Gasteiger partial charge in [0.1, 0.15) is 5.57 Å². The predicted octanol–water partition coefficient (Wildman–Crippen LogP) is 2.15. The zero-order valence-electron chi connectivity index (χ0n) is 12.9. The molecule has 118 valence electrons. The largest absolute Gasteiger partial charge is 0.419 e. The number of hydrogen-bond donors (Lipinski definition) is 0. The summed E-state index contributed by atoms with van der Waals surface area (Å²) in [6.45, 7) is 3.64. The molecule has 0 N–H and O–H groups in total. The van der Waals surface area contributed by atoms with Gasteiger partial charge in [-0.3, -0.25) is 4.68 Å². The Morgan fingerprint density at radius 3 is 2.57 bits per heavy atom. The van der Waals surface area contributed by atoms with Gasteiger partial charge in [0, 0.05) is 26.2 Å². The molecule has 0 radical (unpaired) electrons. The molecule has 2 heterocycles. The molecule has 23 heavy (non-hydrogen) atoms. The van der Waals surface area contributed by atoms with Crippen molar-refractivity contribution >= 4 is 18.0 Å². The average Bonchev–Trinajstić information content (AvgIpc) is 2.95.